The van der Waals surface area contributed by atoms with Gasteiger partial charge in [0.15, 0.2) is 0 Å². The minimum absolute atomic E-state index is 0.149. The molecule has 2 N–H and O–H groups in total. The number of carbonyl (C=O) groups excluding carboxylic acids is 2. The molecule has 2 rings (SSSR count). The van der Waals surface area contributed by atoms with E-state index >= 15 is 0 Å². The molecule has 1 amide bonds. The van der Waals surface area contributed by atoms with Crippen molar-refractivity contribution in [2.24, 2.45) is 0 Å². The molecular weight excluding hydrogens is 244 g/mol. The van der Waals surface area contributed by atoms with E-state index in [1.165, 1.54) is 7.11 Å². The van der Waals surface area contributed by atoms with E-state index in [0.717, 1.165) is 5.69 Å². The van der Waals surface area contributed by atoms with E-state index in [1.807, 2.05) is 12.1 Å². The first-order chi connectivity index (χ1) is 9.19. The van der Waals surface area contributed by atoms with Crippen LogP contribution in [0.4, 0.5) is 5.69 Å². The number of hydrogen-bond donors (Lipinski definition) is 2. The van der Waals surface area contributed by atoms with E-state index in [-0.39, 0.29) is 12.3 Å². The molecule has 5 nitrogen and oxygen atoms in total. The summed E-state index contributed by atoms with van der Waals surface area (Å²) in [6.07, 6.45) is 2.02. The summed E-state index contributed by atoms with van der Waals surface area (Å²) >= 11 is 0. The molecule has 2 aromatic rings. The molecule has 0 atom stereocenters. The highest BCUT2D eigenvalue weighted by molar-refractivity contribution is 5.95. The van der Waals surface area contributed by atoms with Crippen LogP contribution in [0.2, 0.25) is 0 Å². The van der Waals surface area contributed by atoms with Gasteiger partial charge in [-0.2, -0.15) is 0 Å². The Kier molecular flexibility index (Phi) is 3.97. The average Bonchev–Trinajstić information content (AvgIpc) is 2.90. The summed E-state index contributed by atoms with van der Waals surface area (Å²) in [5.41, 5.74) is 1.81. The molecule has 0 aliphatic rings. The summed E-state index contributed by atoms with van der Waals surface area (Å²) in [4.78, 5) is 26.1. The van der Waals surface area contributed by atoms with Gasteiger partial charge in [-0.3, -0.25) is 4.79 Å². The molecule has 0 spiro atoms. The largest absolute Gasteiger partial charge is 0.465 e. The predicted molar refractivity (Wildman–Crippen MR) is 70.9 cm³/mol. The second-order valence-electron chi connectivity index (χ2n) is 3.99. The molecule has 0 unspecified atom stereocenters. The zero-order valence-corrected chi connectivity index (χ0v) is 10.5. The van der Waals surface area contributed by atoms with Crippen LogP contribution in [0, 0.1) is 0 Å². The fourth-order valence-corrected chi connectivity index (χ4v) is 1.70. The number of nitrogens with one attached hydrogen (secondary N) is 2. The molecule has 0 saturated carbocycles. The Bertz CT molecular complexity index is 576. The first-order valence-electron chi connectivity index (χ1n) is 5.79. The van der Waals surface area contributed by atoms with Crippen molar-refractivity contribution in [2.75, 3.05) is 12.4 Å². The van der Waals surface area contributed by atoms with E-state index in [2.05, 4.69) is 15.0 Å². The van der Waals surface area contributed by atoms with E-state index < -0.39 is 5.97 Å². The molecule has 1 heterocycles. The van der Waals surface area contributed by atoms with Gasteiger partial charge in [0.05, 0.1) is 19.1 Å². The van der Waals surface area contributed by atoms with Crippen molar-refractivity contribution in [1.29, 1.82) is 0 Å². The van der Waals surface area contributed by atoms with Crippen molar-refractivity contribution in [3.63, 3.8) is 0 Å². The van der Waals surface area contributed by atoms with Crippen LogP contribution in [0.15, 0.2) is 42.6 Å². The zero-order valence-electron chi connectivity index (χ0n) is 10.5. The number of H-pyrrole nitrogens is 1. The Hall–Kier alpha value is -2.56. The van der Waals surface area contributed by atoms with Crippen LogP contribution in [-0.4, -0.2) is 24.0 Å². The van der Waals surface area contributed by atoms with Crippen molar-refractivity contribution in [2.45, 2.75) is 6.42 Å². The molecule has 0 saturated heterocycles. The first kappa shape index (κ1) is 12.9. The van der Waals surface area contributed by atoms with Gasteiger partial charge in [0.2, 0.25) is 5.91 Å². The summed E-state index contributed by atoms with van der Waals surface area (Å²) in [7, 11) is 1.32. The average molecular weight is 258 g/mol. The molecule has 98 valence electrons. The molecular formula is C14H14N2O3. The fourth-order valence-electron chi connectivity index (χ4n) is 1.70. The number of esters is 1. The van der Waals surface area contributed by atoms with Crippen molar-refractivity contribution >= 4 is 17.6 Å². The van der Waals surface area contributed by atoms with Crippen LogP contribution in [0.3, 0.4) is 0 Å². The van der Waals surface area contributed by atoms with Crippen LogP contribution < -0.4 is 5.32 Å². The lowest BCUT2D eigenvalue weighted by Crippen LogP contribution is -2.15. The number of ether oxygens (including phenoxy) is 1. The Labute approximate surface area is 110 Å². The van der Waals surface area contributed by atoms with Gasteiger partial charge in [-0.25, -0.2) is 4.79 Å². The number of rotatable bonds is 4. The van der Waals surface area contributed by atoms with E-state index in [1.54, 1.807) is 30.5 Å². The third kappa shape index (κ3) is 3.45. The highest BCUT2D eigenvalue weighted by atomic mass is 16.5. The molecule has 1 aromatic carbocycles. The zero-order chi connectivity index (χ0) is 13.7. The van der Waals surface area contributed by atoms with Crippen LogP contribution in [0.5, 0.6) is 0 Å². The maximum Gasteiger partial charge on any atom is 0.337 e. The lowest BCUT2D eigenvalue weighted by molar-refractivity contribution is -0.115. The first-order valence-corrected chi connectivity index (χ1v) is 5.79. The van der Waals surface area contributed by atoms with E-state index in [9.17, 15) is 9.59 Å². The Morgan fingerprint density at radius 3 is 2.79 bits per heavy atom. The number of aromatic nitrogens is 1. The lowest BCUT2D eigenvalue weighted by atomic mass is 10.2. The molecule has 0 radical (unpaired) electrons. The fraction of sp³-hybridized carbons (Fsp3) is 0.143. The maximum absolute atomic E-state index is 11.8. The van der Waals surface area contributed by atoms with Gasteiger partial charge in [-0.15, -0.1) is 0 Å². The Balaban J connectivity index is 2.02. The molecule has 0 fully saturated rings. The number of benzene rings is 1. The van der Waals surface area contributed by atoms with E-state index in [0.29, 0.717) is 11.3 Å². The monoisotopic (exact) mass is 258 g/mol. The summed E-state index contributed by atoms with van der Waals surface area (Å²) in [5.74, 6) is -0.579. The van der Waals surface area contributed by atoms with Crippen LogP contribution in [-0.2, 0) is 16.0 Å². The number of anilines is 1. The normalized spacial score (nSPS) is 9.95. The summed E-state index contributed by atoms with van der Waals surface area (Å²) in [5, 5.41) is 2.73. The molecule has 5 heteroatoms. The van der Waals surface area contributed by atoms with Gasteiger partial charge in [-0.05, 0) is 30.3 Å². The lowest BCUT2D eigenvalue weighted by Gasteiger charge is -2.06. The van der Waals surface area contributed by atoms with Crippen molar-refractivity contribution < 1.29 is 14.3 Å². The standard InChI is InChI=1S/C14H14N2O3/c1-19-14(18)10-4-2-5-12(8-10)16-13(17)9-11-6-3-7-15-11/h2-8,15H,9H2,1H3,(H,16,17). The number of carbonyl (C=O) groups is 2. The minimum Gasteiger partial charge on any atom is -0.465 e. The molecule has 19 heavy (non-hydrogen) atoms. The van der Waals surface area contributed by atoms with Crippen LogP contribution in [0.25, 0.3) is 0 Å². The van der Waals surface area contributed by atoms with E-state index in [4.69, 9.17) is 0 Å². The third-order valence-electron chi connectivity index (χ3n) is 2.58. The number of hydrogen-bond acceptors (Lipinski definition) is 3. The maximum atomic E-state index is 11.8. The summed E-state index contributed by atoms with van der Waals surface area (Å²) in [6, 6.07) is 10.3. The minimum atomic E-state index is -0.430. The predicted octanol–water partition coefficient (Wildman–Crippen LogP) is 1.98. The van der Waals surface area contributed by atoms with Crippen molar-refractivity contribution in [3.05, 3.63) is 53.9 Å². The highest BCUT2D eigenvalue weighted by Crippen LogP contribution is 2.12. The van der Waals surface area contributed by atoms with Gasteiger partial charge in [0, 0.05) is 17.6 Å². The molecule has 0 aliphatic carbocycles. The Morgan fingerprint density at radius 1 is 1.26 bits per heavy atom. The van der Waals surface area contributed by atoms with Crippen LogP contribution in [0.1, 0.15) is 16.1 Å². The number of methoxy groups -OCH3 is 1. The highest BCUT2D eigenvalue weighted by Gasteiger charge is 2.08. The van der Waals surface area contributed by atoms with Crippen molar-refractivity contribution in [3.8, 4) is 0 Å². The van der Waals surface area contributed by atoms with Gasteiger partial charge in [-0.1, -0.05) is 6.07 Å². The molecule has 1 aromatic heterocycles. The van der Waals surface area contributed by atoms with Gasteiger partial charge in [0.1, 0.15) is 0 Å². The number of amides is 1. The summed E-state index contributed by atoms with van der Waals surface area (Å²) < 4.78 is 4.62. The smallest absolute Gasteiger partial charge is 0.337 e. The molecule has 0 aliphatic heterocycles. The SMILES string of the molecule is COC(=O)c1cccc(NC(=O)Cc2ccc[nH]2)c1. The van der Waals surface area contributed by atoms with Gasteiger partial charge < -0.3 is 15.0 Å². The number of aromatic amines is 1. The van der Waals surface area contributed by atoms with Crippen LogP contribution >= 0.6 is 0 Å². The quantitative estimate of drug-likeness (QED) is 0.824. The molecule has 0 bridgehead atoms. The third-order valence-corrected chi connectivity index (χ3v) is 2.58. The Morgan fingerprint density at radius 2 is 2.11 bits per heavy atom. The second-order valence-corrected chi connectivity index (χ2v) is 3.99. The van der Waals surface area contributed by atoms with Crippen molar-refractivity contribution in [1.82, 2.24) is 4.98 Å². The summed E-state index contributed by atoms with van der Waals surface area (Å²) in [6.45, 7) is 0. The van der Waals surface area contributed by atoms with Gasteiger partial charge in [0.25, 0.3) is 0 Å². The topological polar surface area (TPSA) is 71.2 Å². The second kappa shape index (κ2) is 5.86. The van der Waals surface area contributed by atoms with Gasteiger partial charge >= 0.3 is 5.97 Å².